The van der Waals surface area contributed by atoms with Crippen molar-refractivity contribution in [1.29, 1.82) is 0 Å². The van der Waals surface area contributed by atoms with Gasteiger partial charge in [-0.15, -0.1) is 0 Å². The molecule has 2 heterocycles. The average molecular weight is 471 g/mol. The van der Waals surface area contributed by atoms with E-state index in [1.807, 2.05) is 54.6 Å². The molecule has 1 amide bonds. The van der Waals surface area contributed by atoms with Gasteiger partial charge in [0.25, 0.3) is 11.7 Å². The molecule has 0 saturated carbocycles. The van der Waals surface area contributed by atoms with Gasteiger partial charge in [0.05, 0.1) is 18.2 Å². The molecule has 180 valence electrons. The van der Waals surface area contributed by atoms with Crippen LogP contribution in [0.1, 0.15) is 48.9 Å². The molecule has 0 radical (unpaired) electrons. The second kappa shape index (κ2) is 11.5. The number of ketones is 1. The van der Waals surface area contributed by atoms with Gasteiger partial charge in [0.2, 0.25) is 0 Å². The van der Waals surface area contributed by atoms with E-state index < -0.39 is 17.7 Å². The Bertz CT molecular complexity index is 1170. The Kier molecular flexibility index (Phi) is 7.93. The number of likely N-dealkylation sites (tertiary alicyclic amines) is 1. The summed E-state index contributed by atoms with van der Waals surface area (Å²) in [6.07, 6.45) is 6.91. The van der Waals surface area contributed by atoms with Crippen molar-refractivity contribution in [3.63, 3.8) is 0 Å². The summed E-state index contributed by atoms with van der Waals surface area (Å²) in [4.78, 5) is 31.8. The highest BCUT2D eigenvalue weighted by Gasteiger charge is 2.45. The Balaban J connectivity index is 1.67. The fourth-order valence-electron chi connectivity index (χ4n) is 4.31. The van der Waals surface area contributed by atoms with Gasteiger partial charge in [-0.3, -0.25) is 14.6 Å². The van der Waals surface area contributed by atoms with Crippen LogP contribution >= 0.6 is 0 Å². The monoisotopic (exact) mass is 470 g/mol. The molecule has 1 unspecified atom stereocenters. The van der Waals surface area contributed by atoms with Gasteiger partial charge in [-0.1, -0.05) is 62.2 Å². The predicted octanol–water partition coefficient (Wildman–Crippen LogP) is 5.32. The number of nitrogens with zero attached hydrogens (tertiary/aromatic N) is 2. The van der Waals surface area contributed by atoms with Gasteiger partial charge in [0.1, 0.15) is 11.5 Å². The van der Waals surface area contributed by atoms with Crippen LogP contribution in [0, 0.1) is 0 Å². The van der Waals surface area contributed by atoms with Crippen LogP contribution in [0.5, 0.6) is 5.75 Å². The first kappa shape index (κ1) is 24.2. The van der Waals surface area contributed by atoms with Crippen molar-refractivity contribution in [1.82, 2.24) is 9.88 Å². The molecule has 4 rings (SSSR count). The van der Waals surface area contributed by atoms with Crippen molar-refractivity contribution < 1.29 is 19.4 Å². The number of unbranched alkanes of at least 4 members (excludes halogenated alkanes) is 2. The number of Topliss-reactive ketones (excluding diaryl/α,β-unsaturated/α-hetero) is 1. The fourth-order valence-corrected chi connectivity index (χ4v) is 4.31. The van der Waals surface area contributed by atoms with E-state index in [4.69, 9.17) is 4.74 Å². The SMILES string of the molecule is CCCCCOc1ccc(C2C(=C(O)c3ccncc3)C(=O)C(=O)N2CCc2ccccc2)cc1. The van der Waals surface area contributed by atoms with Crippen LogP contribution in [-0.4, -0.2) is 39.8 Å². The third kappa shape index (κ3) is 5.60. The van der Waals surface area contributed by atoms with E-state index in [2.05, 4.69) is 11.9 Å². The largest absolute Gasteiger partial charge is 0.507 e. The van der Waals surface area contributed by atoms with Crippen molar-refractivity contribution >= 4 is 17.4 Å². The lowest BCUT2D eigenvalue weighted by Crippen LogP contribution is -2.31. The first-order chi connectivity index (χ1) is 17.1. The molecule has 3 aromatic rings. The first-order valence-corrected chi connectivity index (χ1v) is 12.1. The summed E-state index contributed by atoms with van der Waals surface area (Å²) in [6.45, 7) is 3.14. The highest BCUT2D eigenvalue weighted by molar-refractivity contribution is 6.46. The Hall–Kier alpha value is -3.93. The van der Waals surface area contributed by atoms with Crippen LogP contribution in [-0.2, 0) is 16.0 Å². The highest BCUT2D eigenvalue weighted by Crippen LogP contribution is 2.39. The maximum atomic E-state index is 13.1. The van der Waals surface area contributed by atoms with Crippen molar-refractivity contribution in [2.45, 2.75) is 38.6 Å². The number of aromatic nitrogens is 1. The second-order valence-corrected chi connectivity index (χ2v) is 8.59. The van der Waals surface area contributed by atoms with Crippen molar-refractivity contribution in [3.8, 4) is 5.75 Å². The molecule has 1 aromatic heterocycles. The Morgan fingerprint density at radius 3 is 2.37 bits per heavy atom. The standard InChI is InChI=1S/C29H30N2O4/c1-2-3-7-20-35-24-12-10-22(11-13-24)26-25(27(32)23-14-17-30-18-15-23)28(33)29(34)31(26)19-16-21-8-5-4-6-9-21/h4-6,8-15,17-18,26,32H,2-3,7,16,19-20H2,1H3. The minimum absolute atomic E-state index is 0.0888. The van der Waals surface area contributed by atoms with Crippen molar-refractivity contribution in [2.75, 3.05) is 13.2 Å². The smallest absolute Gasteiger partial charge is 0.295 e. The van der Waals surface area contributed by atoms with Crippen molar-refractivity contribution in [3.05, 3.63) is 101 Å². The molecule has 35 heavy (non-hydrogen) atoms. The third-order valence-electron chi connectivity index (χ3n) is 6.19. The Morgan fingerprint density at radius 2 is 1.69 bits per heavy atom. The number of amides is 1. The highest BCUT2D eigenvalue weighted by atomic mass is 16.5. The molecule has 6 nitrogen and oxygen atoms in total. The van der Waals surface area contributed by atoms with Crippen LogP contribution in [0.25, 0.3) is 5.76 Å². The number of aliphatic hydroxyl groups excluding tert-OH is 1. The Labute approximate surface area is 205 Å². The van der Waals surface area contributed by atoms with E-state index in [0.29, 0.717) is 25.1 Å². The summed E-state index contributed by atoms with van der Waals surface area (Å²) >= 11 is 0. The number of rotatable bonds is 10. The van der Waals surface area contributed by atoms with Crippen molar-refractivity contribution in [2.24, 2.45) is 0 Å². The predicted molar refractivity (Wildman–Crippen MR) is 135 cm³/mol. The van der Waals surface area contributed by atoms with Crippen LogP contribution in [0.4, 0.5) is 0 Å². The lowest BCUT2D eigenvalue weighted by molar-refractivity contribution is -0.139. The normalized spacial score (nSPS) is 17.1. The quantitative estimate of drug-likeness (QED) is 0.188. The molecule has 1 aliphatic rings. The first-order valence-electron chi connectivity index (χ1n) is 12.1. The number of pyridine rings is 1. The van der Waals surface area contributed by atoms with Gasteiger partial charge in [-0.05, 0) is 48.2 Å². The molecule has 0 spiro atoms. The van der Waals surface area contributed by atoms with E-state index in [0.717, 1.165) is 36.1 Å². The van der Waals surface area contributed by atoms with Gasteiger partial charge in [-0.2, -0.15) is 0 Å². The van der Waals surface area contributed by atoms with E-state index in [-0.39, 0.29) is 11.3 Å². The number of hydrogen-bond donors (Lipinski definition) is 1. The zero-order chi connectivity index (χ0) is 24.6. The molecular weight excluding hydrogens is 440 g/mol. The number of ether oxygens (including phenoxy) is 1. The number of hydrogen-bond acceptors (Lipinski definition) is 5. The molecular formula is C29H30N2O4. The third-order valence-corrected chi connectivity index (χ3v) is 6.19. The average Bonchev–Trinajstić information content (AvgIpc) is 3.16. The number of carbonyl (C=O) groups excluding carboxylic acids is 2. The molecule has 1 atom stereocenters. The summed E-state index contributed by atoms with van der Waals surface area (Å²) in [5.74, 6) is -0.753. The number of carbonyl (C=O) groups is 2. The van der Waals surface area contributed by atoms with Crippen LogP contribution in [0.15, 0.2) is 84.7 Å². The van der Waals surface area contributed by atoms with E-state index in [1.54, 1.807) is 29.4 Å². The van der Waals surface area contributed by atoms with Gasteiger partial charge < -0.3 is 14.7 Å². The van der Waals surface area contributed by atoms with Gasteiger partial charge in [0.15, 0.2) is 0 Å². The van der Waals surface area contributed by atoms with Crippen LogP contribution in [0.3, 0.4) is 0 Å². The molecule has 6 heteroatoms. The summed E-state index contributed by atoms with van der Waals surface area (Å²) in [5, 5.41) is 11.1. The minimum Gasteiger partial charge on any atom is -0.507 e. The maximum absolute atomic E-state index is 13.1. The minimum atomic E-state index is -0.694. The van der Waals surface area contributed by atoms with E-state index >= 15 is 0 Å². The molecule has 0 bridgehead atoms. The summed E-state index contributed by atoms with van der Waals surface area (Å²) in [7, 11) is 0. The lowest BCUT2D eigenvalue weighted by atomic mass is 9.95. The second-order valence-electron chi connectivity index (χ2n) is 8.59. The topological polar surface area (TPSA) is 79.7 Å². The van der Waals surface area contributed by atoms with Crippen LogP contribution in [0.2, 0.25) is 0 Å². The fraction of sp³-hybridized carbons (Fsp3) is 0.276. The molecule has 1 fully saturated rings. The summed E-state index contributed by atoms with van der Waals surface area (Å²) in [6, 6.07) is 19.8. The molecule has 0 aliphatic carbocycles. The molecule has 1 aliphatic heterocycles. The van der Waals surface area contributed by atoms with E-state index in [9.17, 15) is 14.7 Å². The summed E-state index contributed by atoms with van der Waals surface area (Å²) in [5.41, 5.74) is 2.35. The molecule has 1 saturated heterocycles. The van der Waals surface area contributed by atoms with Gasteiger partial charge in [-0.25, -0.2) is 0 Å². The Morgan fingerprint density at radius 1 is 0.971 bits per heavy atom. The van der Waals surface area contributed by atoms with Gasteiger partial charge in [0, 0.05) is 24.5 Å². The molecule has 1 N–H and O–H groups in total. The summed E-state index contributed by atoms with van der Waals surface area (Å²) < 4.78 is 5.83. The zero-order valence-electron chi connectivity index (χ0n) is 19.9. The van der Waals surface area contributed by atoms with Gasteiger partial charge >= 0.3 is 0 Å². The maximum Gasteiger partial charge on any atom is 0.295 e. The van der Waals surface area contributed by atoms with E-state index in [1.165, 1.54) is 0 Å². The molecule has 2 aromatic carbocycles. The zero-order valence-corrected chi connectivity index (χ0v) is 19.9. The number of benzene rings is 2. The van der Waals surface area contributed by atoms with Crippen LogP contribution < -0.4 is 4.74 Å². The number of aliphatic hydroxyl groups is 1. The lowest BCUT2D eigenvalue weighted by Gasteiger charge is -2.25.